The molecular weight excluding hydrogens is 291 g/mol. The minimum absolute atomic E-state index is 0.124. The van der Waals surface area contributed by atoms with Gasteiger partial charge >= 0.3 is 12.1 Å². The molecule has 0 aliphatic carbocycles. The maximum atomic E-state index is 12.3. The van der Waals surface area contributed by atoms with Crippen LogP contribution in [0.2, 0.25) is 0 Å². The number of rotatable bonds is 2. The number of amides is 1. The van der Waals surface area contributed by atoms with Crippen LogP contribution in [-0.4, -0.2) is 12.1 Å². The van der Waals surface area contributed by atoms with Crippen LogP contribution in [0.4, 0.5) is 18.9 Å². The minimum atomic E-state index is -4.90. The van der Waals surface area contributed by atoms with E-state index in [-0.39, 0.29) is 5.69 Å². The molecule has 2 rings (SSSR count). The van der Waals surface area contributed by atoms with Gasteiger partial charge in [0.2, 0.25) is 0 Å². The van der Waals surface area contributed by atoms with E-state index in [1.165, 1.54) is 6.07 Å². The second-order valence-corrected chi connectivity index (χ2v) is 5.31. The van der Waals surface area contributed by atoms with E-state index in [2.05, 4.69) is 0 Å². The minimum Gasteiger partial charge on any atom is -0.318 e. The molecule has 0 saturated carbocycles. The molecular formula is C17H16F3NO. The molecule has 0 fully saturated rings. The Morgan fingerprint density at radius 3 is 2.14 bits per heavy atom. The zero-order valence-corrected chi connectivity index (χ0v) is 12.5. The van der Waals surface area contributed by atoms with Crippen LogP contribution in [0.15, 0.2) is 36.4 Å². The third-order valence-electron chi connectivity index (χ3n) is 3.34. The van der Waals surface area contributed by atoms with Crippen molar-refractivity contribution in [2.24, 2.45) is 0 Å². The molecule has 22 heavy (non-hydrogen) atoms. The predicted octanol–water partition coefficient (Wildman–Crippen LogP) is 4.78. The van der Waals surface area contributed by atoms with Crippen molar-refractivity contribution in [3.05, 3.63) is 53.1 Å². The van der Waals surface area contributed by atoms with E-state index < -0.39 is 12.1 Å². The highest BCUT2D eigenvalue weighted by Gasteiger charge is 2.38. The number of benzene rings is 2. The van der Waals surface area contributed by atoms with Crippen LogP contribution < -0.4 is 5.32 Å². The molecule has 5 heteroatoms. The van der Waals surface area contributed by atoms with Crippen molar-refractivity contribution in [3.63, 3.8) is 0 Å². The smallest absolute Gasteiger partial charge is 0.318 e. The first kappa shape index (κ1) is 16.1. The maximum Gasteiger partial charge on any atom is 0.471 e. The summed E-state index contributed by atoms with van der Waals surface area (Å²) in [6, 6.07) is 10.5. The highest BCUT2D eigenvalue weighted by atomic mass is 19.4. The molecule has 1 N–H and O–H groups in total. The Balaban J connectivity index is 2.40. The van der Waals surface area contributed by atoms with Gasteiger partial charge in [-0.2, -0.15) is 13.2 Å². The third-order valence-corrected chi connectivity index (χ3v) is 3.34. The molecule has 0 atom stereocenters. The lowest BCUT2D eigenvalue weighted by Gasteiger charge is -2.13. The second kappa shape index (κ2) is 5.83. The molecule has 0 saturated heterocycles. The van der Waals surface area contributed by atoms with Crippen LogP contribution in [0.25, 0.3) is 11.1 Å². The van der Waals surface area contributed by atoms with Crippen LogP contribution in [0.5, 0.6) is 0 Å². The summed E-state index contributed by atoms with van der Waals surface area (Å²) >= 11 is 0. The molecule has 0 radical (unpaired) electrons. The molecule has 0 aliphatic rings. The summed E-state index contributed by atoms with van der Waals surface area (Å²) < 4.78 is 37.0. The standard InChI is InChI=1S/C17H16F3NO/c1-10-7-11(2)15(12(3)8-10)13-5-4-6-14(9-13)21-16(22)17(18,19)20/h4-9H,1-3H3,(H,21,22). The van der Waals surface area contributed by atoms with Crippen molar-refractivity contribution >= 4 is 11.6 Å². The number of aryl methyl sites for hydroxylation is 3. The Bertz CT molecular complexity index is 697. The van der Waals surface area contributed by atoms with Crippen molar-refractivity contribution in [1.82, 2.24) is 0 Å². The molecule has 0 spiro atoms. The molecule has 2 nitrogen and oxygen atoms in total. The topological polar surface area (TPSA) is 29.1 Å². The van der Waals surface area contributed by atoms with Crippen molar-refractivity contribution in [2.75, 3.05) is 5.32 Å². The molecule has 2 aromatic carbocycles. The zero-order valence-electron chi connectivity index (χ0n) is 12.5. The van der Waals surface area contributed by atoms with Crippen LogP contribution >= 0.6 is 0 Å². The lowest BCUT2D eigenvalue weighted by atomic mass is 9.93. The summed E-state index contributed by atoms with van der Waals surface area (Å²) in [6.45, 7) is 5.90. The number of carbonyl (C=O) groups excluding carboxylic acids is 1. The van der Waals surface area contributed by atoms with Gasteiger partial charge in [-0.15, -0.1) is 0 Å². The van der Waals surface area contributed by atoms with Crippen molar-refractivity contribution in [1.29, 1.82) is 0 Å². The fourth-order valence-electron chi connectivity index (χ4n) is 2.59. The Hall–Kier alpha value is -2.30. The lowest BCUT2D eigenvalue weighted by Crippen LogP contribution is -2.29. The fourth-order valence-corrected chi connectivity index (χ4v) is 2.59. The Morgan fingerprint density at radius 1 is 1.00 bits per heavy atom. The van der Waals surface area contributed by atoms with Gasteiger partial charge < -0.3 is 5.32 Å². The highest BCUT2D eigenvalue weighted by molar-refractivity contribution is 5.95. The first-order valence-electron chi connectivity index (χ1n) is 6.75. The number of halogens is 3. The zero-order chi connectivity index (χ0) is 16.5. The van der Waals surface area contributed by atoms with E-state index in [9.17, 15) is 18.0 Å². The van der Waals surface area contributed by atoms with E-state index >= 15 is 0 Å². The number of hydrogen-bond donors (Lipinski definition) is 1. The van der Waals surface area contributed by atoms with Crippen molar-refractivity contribution in [2.45, 2.75) is 26.9 Å². The number of alkyl halides is 3. The molecule has 0 aliphatic heterocycles. The van der Waals surface area contributed by atoms with Crippen LogP contribution in [-0.2, 0) is 4.79 Å². The fraction of sp³-hybridized carbons (Fsp3) is 0.235. The van der Waals surface area contributed by atoms with Gasteiger partial charge in [-0.25, -0.2) is 0 Å². The first-order valence-corrected chi connectivity index (χ1v) is 6.75. The van der Waals surface area contributed by atoms with Gasteiger partial charge in [-0.1, -0.05) is 29.8 Å². The van der Waals surface area contributed by atoms with Gasteiger partial charge in [0.1, 0.15) is 0 Å². The average molecular weight is 307 g/mol. The third kappa shape index (κ3) is 3.47. The monoisotopic (exact) mass is 307 g/mol. The molecule has 2 aromatic rings. The number of carbonyl (C=O) groups is 1. The van der Waals surface area contributed by atoms with Gasteiger partial charge in [0.15, 0.2) is 0 Å². The number of hydrogen-bond acceptors (Lipinski definition) is 1. The maximum absolute atomic E-state index is 12.3. The van der Waals surface area contributed by atoms with Crippen molar-refractivity contribution < 1.29 is 18.0 Å². The second-order valence-electron chi connectivity index (χ2n) is 5.31. The van der Waals surface area contributed by atoms with Gasteiger partial charge in [0.05, 0.1) is 0 Å². The molecule has 0 heterocycles. The van der Waals surface area contributed by atoms with E-state index in [4.69, 9.17) is 0 Å². The molecule has 0 bridgehead atoms. The number of nitrogens with one attached hydrogen (secondary N) is 1. The van der Waals surface area contributed by atoms with Crippen LogP contribution in [0.1, 0.15) is 16.7 Å². The largest absolute Gasteiger partial charge is 0.471 e. The summed E-state index contributed by atoms with van der Waals surface area (Å²) in [5.41, 5.74) is 5.07. The summed E-state index contributed by atoms with van der Waals surface area (Å²) in [5.74, 6) is -1.97. The average Bonchev–Trinajstić information content (AvgIpc) is 2.36. The lowest BCUT2D eigenvalue weighted by molar-refractivity contribution is -0.167. The molecule has 116 valence electrons. The SMILES string of the molecule is Cc1cc(C)c(-c2cccc(NC(=O)C(F)(F)F)c2)c(C)c1. The molecule has 1 amide bonds. The quantitative estimate of drug-likeness (QED) is 0.850. The summed E-state index contributed by atoms with van der Waals surface area (Å²) in [4.78, 5) is 11.0. The first-order chi connectivity index (χ1) is 10.2. The summed E-state index contributed by atoms with van der Waals surface area (Å²) in [7, 11) is 0. The van der Waals surface area contributed by atoms with Crippen LogP contribution in [0, 0.1) is 20.8 Å². The van der Waals surface area contributed by atoms with E-state index in [1.807, 2.05) is 44.3 Å². The van der Waals surface area contributed by atoms with Crippen LogP contribution in [0.3, 0.4) is 0 Å². The van der Waals surface area contributed by atoms with Crippen molar-refractivity contribution in [3.8, 4) is 11.1 Å². The van der Waals surface area contributed by atoms with E-state index in [0.29, 0.717) is 0 Å². The Morgan fingerprint density at radius 2 is 1.59 bits per heavy atom. The summed E-state index contributed by atoms with van der Waals surface area (Å²) in [5, 5.41) is 1.88. The van der Waals surface area contributed by atoms with Gasteiger partial charge in [-0.3, -0.25) is 4.79 Å². The number of anilines is 1. The highest BCUT2D eigenvalue weighted by Crippen LogP contribution is 2.30. The molecule has 0 unspecified atom stereocenters. The summed E-state index contributed by atoms with van der Waals surface area (Å²) in [6.07, 6.45) is -4.90. The van der Waals surface area contributed by atoms with E-state index in [1.54, 1.807) is 12.1 Å². The van der Waals surface area contributed by atoms with E-state index in [0.717, 1.165) is 27.8 Å². The van der Waals surface area contributed by atoms with Gasteiger partial charge in [0.25, 0.3) is 0 Å². The Labute approximate surface area is 127 Å². The normalized spacial score (nSPS) is 11.4. The predicted molar refractivity (Wildman–Crippen MR) is 80.8 cm³/mol. The van der Waals surface area contributed by atoms with Gasteiger partial charge in [0, 0.05) is 5.69 Å². The molecule has 0 aromatic heterocycles. The Kier molecular flexibility index (Phi) is 4.26. The van der Waals surface area contributed by atoms with Gasteiger partial charge in [-0.05, 0) is 55.2 Å².